The van der Waals surface area contributed by atoms with Crippen LogP contribution in [-0.4, -0.2) is 86.6 Å². The molecule has 0 bridgehead atoms. The molecule has 0 radical (unpaired) electrons. The lowest BCUT2D eigenvalue weighted by atomic mass is 9.90. The molecule has 1 amide bonds. The highest BCUT2D eigenvalue weighted by Gasteiger charge is 2.52. The summed E-state index contributed by atoms with van der Waals surface area (Å²) in [4.78, 5) is 65.1. The van der Waals surface area contributed by atoms with Crippen molar-refractivity contribution >= 4 is 34.1 Å². The summed E-state index contributed by atoms with van der Waals surface area (Å²) in [6.07, 6.45) is 6.48. The van der Waals surface area contributed by atoms with E-state index in [0.29, 0.717) is 71.0 Å². The Morgan fingerprint density at radius 2 is 1.76 bits per heavy atom. The Bertz CT molecular complexity index is 3210. The number of carbonyl (C=O) groups excluding carboxylic acids is 1. The van der Waals surface area contributed by atoms with Crippen LogP contribution in [0.4, 0.5) is 4.39 Å². The molecule has 14 nitrogen and oxygen atoms in total. The number of benzene rings is 2. The molecular weight excluding hydrogens is 836 g/mol. The van der Waals surface area contributed by atoms with Crippen LogP contribution in [0.25, 0.3) is 39.3 Å². The van der Waals surface area contributed by atoms with Gasteiger partial charge in [0.25, 0.3) is 5.91 Å². The number of likely N-dealkylation sites (tertiary alicyclic amines) is 1. The first-order valence-electron chi connectivity index (χ1n) is 22.6. The second-order valence-electron chi connectivity index (χ2n) is 19.5. The summed E-state index contributed by atoms with van der Waals surface area (Å²) in [6, 6.07) is 19.3. The molecule has 0 atom stereocenters. The molecular formula is C51H51FN10O4. The van der Waals surface area contributed by atoms with Crippen LogP contribution in [-0.2, 0) is 29.7 Å². The number of imidazole rings is 1. The van der Waals surface area contributed by atoms with Crippen LogP contribution >= 0.6 is 0 Å². The minimum atomic E-state index is -0.908. The topological polar surface area (TPSA) is 168 Å². The summed E-state index contributed by atoms with van der Waals surface area (Å²) in [5.41, 5.74) is 6.86. The van der Waals surface area contributed by atoms with Crippen molar-refractivity contribution in [3.63, 3.8) is 0 Å². The number of fused-ring (bicyclic) bond motifs is 4. The van der Waals surface area contributed by atoms with Gasteiger partial charge in [0, 0.05) is 60.6 Å². The number of carboxylic acid groups (broad SMARTS) is 1. The number of pyridine rings is 2. The fourth-order valence-corrected chi connectivity index (χ4v) is 10.3. The zero-order valence-electron chi connectivity index (χ0n) is 37.8. The largest absolute Gasteiger partial charge is 0.481 e. The minimum Gasteiger partial charge on any atom is -0.481 e. The molecule has 1 N–H and O–H groups in total. The lowest BCUT2D eigenvalue weighted by Crippen LogP contribution is -2.41. The smallest absolute Gasteiger partial charge is 0.335 e. The van der Waals surface area contributed by atoms with Crippen molar-refractivity contribution in [2.75, 3.05) is 26.2 Å². The number of hydrogen-bond donors (Lipinski definition) is 1. The summed E-state index contributed by atoms with van der Waals surface area (Å²) in [7, 11) is 0. The number of aryl methyl sites for hydroxylation is 2. The third-order valence-electron chi connectivity index (χ3n) is 13.7. The van der Waals surface area contributed by atoms with Crippen LogP contribution in [0, 0.1) is 36.4 Å². The first kappa shape index (κ1) is 42.9. The van der Waals surface area contributed by atoms with E-state index in [9.17, 15) is 24.8 Å². The number of aromatic nitrogens is 7. The molecule has 0 spiro atoms. The van der Waals surface area contributed by atoms with Gasteiger partial charge >= 0.3 is 11.7 Å². The number of carboxylic acids is 1. The fourth-order valence-electron chi connectivity index (χ4n) is 10.3. The molecule has 10 rings (SSSR count). The molecule has 2 fully saturated rings. The lowest BCUT2D eigenvalue weighted by Gasteiger charge is -2.36. The molecule has 7 heterocycles. The first-order valence-corrected chi connectivity index (χ1v) is 22.6. The number of nitriles is 1. The third-order valence-corrected chi connectivity index (χ3v) is 13.7. The number of rotatable bonds is 9. The van der Waals surface area contributed by atoms with E-state index in [2.05, 4.69) is 35.6 Å². The number of nitrogens with zero attached hydrogens (tertiary/aromatic N) is 10. The zero-order chi connectivity index (χ0) is 46.2. The van der Waals surface area contributed by atoms with Gasteiger partial charge < -0.3 is 19.5 Å². The molecule has 2 aromatic carbocycles. The summed E-state index contributed by atoms with van der Waals surface area (Å²) in [5, 5.41) is 20.4. The fraction of sp³-hybridized carbons (Fsp3) is 0.373. The van der Waals surface area contributed by atoms with Gasteiger partial charge in [0.05, 0.1) is 47.7 Å². The Kier molecular flexibility index (Phi) is 10.5. The van der Waals surface area contributed by atoms with Gasteiger partial charge in [0.1, 0.15) is 22.7 Å². The Balaban J connectivity index is 0.991. The van der Waals surface area contributed by atoms with Crippen LogP contribution < -0.4 is 5.69 Å². The average molecular weight is 887 g/mol. The van der Waals surface area contributed by atoms with Crippen molar-refractivity contribution in [2.24, 2.45) is 5.41 Å². The van der Waals surface area contributed by atoms with Crippen molar-refractivity contribution in [1.82, 2.24) is 43.4 Å². The number of halogens is 1. The highest BCUT2D eigenvalue weighted by molar-refractivity contribution is 5.93. The van der Waals surface area contributed by atoms with E-state index in [0.717, 1.165) is 60.2 Å². The predicted molar refractivity (Wildman–Crippen MR) is 247 cm³/mol. The van der Waals surface area contributed by atoms with Gasteiger partial charge in [-0.05, 0) is 111 Å². The SMILES string of the molecule is Cc1ccc(-c2nc(C)c3c(n2)n(C2CCN(CC(C)(C)C)CC2)c(=O)n3-c2ccc(C(=O)N3CCc4c(n(Cc5ccc(C#N)cc5F)c5ncccc45)C3)nc2)cc1C1(C(=O)O)CC1. The van der Waals surface area contributed by atoms with Crippen molar-refractivity contribution < 1.29 is 19.1 Å². The molecule has 336 valence electrons. The predicted octanol–water partition coefficient (Wildman–Crippen LogP) is 7.67. The van der Waals surface area contributed by atoms with Gasteiger partial charge in [-0.3, -0.25) is 18.7 Å². The molecule has 15 heteroatoms. The van der Waals surface area contributed by atoms with E-state index in [-0.39, 0.29) is 47.4 Å². The summed E-state index contributed by atoms with van der Waals surface area (Å²) >= 11 is 0. The quantitative estimate of drug-likeness (QED) is 0.152. The number of piperidine rings is 1. The van der Waals surface area contributed by atoms with E-state index in [1.54, 1.807) is 50.7 Å². The van der Waals surface area contributed by atoms with Gasteiger partial charge in [-0.1, -0.05) is 39.0 Å². The Hall–Kier alpha value is -7.05. The van der Waals surface area contributed by atoms with E-state index in [1.807, 2.05) is 54.8 Å². The molecule has 0 unspecified atom stereocenters. The van der Waals surface area contributed by atoms with Crippen LogP contribution in [0.1, 0.15) is 102 Å². The highest BCUT2D eigenvalue weighted by Crippen LogP contribution is 2.50. The molecule has 7 aromatic rings. The second-order valence-corrected chi connectivity index (χ2v) is 19.5. The van der Waals surface area contributed by atoms with Gasteiger partial charge in [0.2, 0.25) is 0 Å². The zero-order valence-corrected chi connectivity index (χ0v) is 37.8. The third kappa shape index (κ3) is 7.43. The monoisotopic (exact) mass is 886 g/mol. The van der Waals surface area contributed by atoms with Gasteiger partial charge in [-0.2, -0.15) is 5.26 Å². The molecule has 2 aliphatic heterocycles. The summed E-state index contributed by atoms with van der Waals surface area (Å²) in [5.74, 6) is -1.18. The summed E-state index contributed by atoms with van der Waals surface area (Å²) in [6.45, 7) is 14.0. The Labute approximate surface area is 381 Å². The van der Waals surface area contributed by atoms with Crippen molar-refractivity contribution in [2.45, 2.75) is 91.3 Å². The van der Waals surface area contributed by atoms with Gasteiger partial charge in [0.15, 0.2) is 11.5 Å². The maximum absolute atomic E-state index is 15.2. The van der Waals surface area contributed by atoms with E-state index in [1.165, 1.54) is 6.07 Å². The minimum absolute atomic E-state index is 0.132. The normalized spacial score (nSPS) is 16.4. The van der Waals surface area contributed by atoms with Crippen LogP contribution in [0.15, 0.2) is 77.9 Å². The molecule has 1 aliphatic carbocycles. The maximum Gasteiger partial charge on any atom is 0.335 e. The highest BCUT2D eigenvalue weighted by atomic mass is 19.1. The standard InChI is InChI=1S/C51H51FN10O4/c1-30-8-10-33(24-39(30)51(17-18-51)48(64)65)44-56-31(2)43-46(57-44)62(35-14-20-58(21-15-35)29-50(3,4)5)49(66)61(43)36-12-13-41(55-26-36)47(63)59-22-16-37-38-7-6-19-54-45(38)60(42(37)28-59)27-34-11-9-32(25-53)23-40(34)52/h6-13,19,23-24,26,35H,14-18,20-22,27-29H2,1-5H3,(H,64,65). The van der Waals surface area contributed by atoms with E-state index >= 15 is 4.39 Å². The number of amides is 1. The van der Waals surface area contributed by atoms with Gasteiger partial charge in [-0.15, -0.1) is 0 Å². The number of hydrogen-bond acceptors (Lipinski definition) is 9. The molecule has 1 saturated carbocycles. The first-order chi connectivity index (χ1) is 31.6. The van der Waals surface area contributed by atoms with Crippen LogP contribution in [0.2, 0.25) is 0 Å². The Morgan fingerprint density at radius 1 is 0.970 bits per heavy atom. The average Bonchev–Trinajstić information content (AvgIpc) is 3.99. The van der Waals surface area contributed by atoms with E-state index in [4.69, 9.17) is 9.97 Å². The molecule has 3 aliphatic rings. The number of aliphatic carboxylic acids is 1. The Morgan fingerprint density at radius 3 is 2.44 bits per heavy atom. The van der Waals surface area contributed by atoms with Crippen LogP contribution in [0.5, 0.6) is 0 Å². The number of carbonyl (C=O) groups is 2. The van der Waals surface area contributed by atoms with Crippen molar-refractivity contribution in [3.8, 4) is 23.1 Å². The van der Waals surface area contributed by atoms with E-state index < -0.39 is 17.2 Å². The maximum atomic E-state index is 15.2. The van der Waals surface area contributed by atoms with Crippen LogP contribution in [0.3, 0.4) is 0 Å². The summed E-state index contributed by atoms with van der Waals surface area (Å²) < 4.78 is 20.6. The van der Waals surface area contributed by atoms with Gasteiger partial charge in [-0.25, -0.2) is 29.1 Å². The van der Waals surface area contributed by atoms with Crippen molar-refractivity contribution in [3.05, 3.63) is 134 Å². The van der Waals surface area contributed by atoms with Crippen molar-refractivity contribution in [1.29, 1.82) is 5.26 Å². The molecule has 5 aromatic heterocycles. The molecule has 66 heavy (non-hydrogen) atoms. The second kappa shape index (κ2) is 16.1. The lowest BCUT2D eigenvalue weighted by molar-refractivity contribution is -0.140. The molecule has 1 saturated heterocycles.